The van der Waals surface area contributed by atoms with E-state index in [0.29, 0.717) is 16.8 Å². The molecule has 25 heavy (non-hydrogen) atoms. The van der Waals surface area contributed by atoms with E-state index in [0.717, 1.165) is 16.9 Å². The number of hydrogen-bond acceptors (Lipinski definition) is 3. The lowest BCUT2D eigenvalue weighted by Gasteiger charge is -2.04. The Balaban J connectivity index is 1.91. The van der Waals surface area contributed by atoms with Crippen molar-refractivity contribution in [2.24, 2.45) is 0 Å². The van der Waals surface area contributed by atoms with Gasteiger partial charge in [0, 0.05) is 0 Å². The van der Waals surface area contributed by atoms with Crippen LogP contribution < -0.4 is 0 Å². The number of allylic oxidation sites excluding steroid dienone is 1. The van der Waals surface area contributed by atoms with Crippen LogP contribution in [0.4, 0.5) is 0 Å². The van der Waals surface area contributed by atoms with Crippen LogP contribution in [0.15, 0.2) is 60.7 Å². The lowest BCUT2D eigenvalue weighted by atomic mass is 10.1. The molecule has 0 aliphatic carbocycles. The molecule has 0 N–H and O–H groups in total. The van der Waals surface area contributed by atoms with E-state index in [1.165, 1.54) is 6.08 Å². The summed E-state index contributed by atoms with van der Waals surface area (Å²) >= 11 is 0. The van der Waals surface area contributed by atoms with Gasteiger partial charge in [-0.3, -0.25) is 4.79 Å². The average molecular weight is 327 g/mol. The summed E-state index contributed by atoms with van der Waals surface area (Å²) in [6.07, 6.45) is 3.25. The molecule has 0 atom stereocenters. The fourth-order valence-corrected chi connectivity index (χ4v) is 2.79. The fourth-order valence-electron chi connectivity index (χ4n) is 2.79. The lowest BCUT2D eigenvalue weighted by Crippen LogP contribution is -2.01. The molecule has 0 aliphatic rings. The second-order valence-corrected chi connectivity index (χ2v) is 5.73. The van der Waals surface area contributed by atoms with Crippen LogP contribution in [0.3, 0.4) is 0 Å². The van der Waals surface area contributed by atoms with Crippen LogP contribution >= 0.6 is 0 Å². The third-order valence-electron chi connectivity index (χ3n) is 3.98. The molecule has 0 unspecified atom stereocenters. The number of para-hydroxylation sites is 1. The molecule has 0 bridgehead atoms. The van der Waals surface area contributed by atoms with Gasteiger partial charge in [-0.2, -0.15) is 10.4 Å². The minimum Gasteiger partial charge on any atom is -0.289 e. The number of nitriles is 1. The summed E-state index contributed by atoms with van der Waals surface area (Å²) in [5.41, 5.74) is 4.42. The number of rotatable bonds is 4. The van der Waals surface area contributed by atoms with Crippen molar-refractivity contribution in [2.75, 3.05) is 0 Å². The minimum absolute atomic E-state index is 0.0976. The van der Waals surface area contributed by atoms with Crippen molar-refractivity contribution < 1.29 is 4.79 Å². The van der Waals surface area contributed by atoms with Crippen molar-refractivity contribution in [3.05, 3.63) is 88.8 Å². The molecule has 0 radical (unpaired) electrons. The zero-order chi connectivity index (χ0) is 17.8. The monoisotopic (exact) mass is 327 g/mol. The summed E-state index contributed by atoms with van der Waals surface area (Å²) in [7, 11) is 0. The summed E-state index contributed by atoms with van der Waals surface area (Å²) in [5, 5.41) is 13.5. The van der Waals surface area contributed by atoms with Gasteiger partial charge in [-0.15, -0.1) is 0 Å². The van der Waals surface area contributed by atoms with Gasteiger partial charge in [0.25, 0.3) is 0 Å². The summed E-state index contributed by atoms with van der Waals surface area (Å²) in [6, 6.07) is 19.0. The van der Waals surface area contributed by atoms with Crippen molar-refractivity contribution in [3.8, 4) is 11.8 Å². The first kappa shape index (κ1) is 16.4. The van der Waals surface area contributed by atoms with Crippen LogP contribution in [0.2, 0.25) is 0 Å². The van der Waals surface area contributed by atoms with Gasteiger partial charge in [0.1, 0.15) is 0 Å². The van der Waals surface area contributed by atoms with Gasteiger partial charge in [-0.25, -0.2) is 4.68 Å². The van der Waals surface area contributed by atoms with E-state index in [9.17, 15) is 4.79 Å². The Labute approximate surface area is 146 Å². The van der Waals surface area contributed by atoms with E-state index in [1.807, 2.05) is 50.2 Å². The maximum atomic E-state index is 12.7. The van der Waals surface area contributed by atoms with Crippen molar-refractivity contribution >= 4 is 11.9 Å². The molecule has 4 heteroatoms. The third kappa shape index (κ3) is 3.41. The zero-order valence-corrected chi connectivity index (χ0v) is 14.1. The molecule has 122 valence electrons. The van der Waals surface area contributed by atoms with E-state index in [-0.39, 0.29) is 5.78 Å². The van der Waals surface area contributed by atoms with Crippen molar-refractivity contribution in [2.45, 2.75) is 13.8 Å². The largest absolute Gasteiger partial charge is 0.289 e. The zero-order valence-electron chi connectivity index (χ0n) is 14.1. The number of carbonyl (C=O) groups excluding carboxylic acids is 1. The molecular weight excluding hydrogens is 310 g/mol. The molecule has 0 saturated heterocycles. The van der Waals surface area contributed by atoms with Crippen LogP contribution in [-0.4, -0.2) is 15.6 Å². The Hall–Kier alpha value is -3.45. The Morgan fingerprint density at radius 1 is 1.12 bits per heavy atom. The standard InChI is InChI=1S/C21H17N3O/c1-15-21(16(2)24(23-15)19-9-4-3-5-10-19)20(25)12-11-17-7-6-8-18(13-17)14-22/h3-13H,1-2H3. The Morgan fingerprint density at radius 3 is 2.60 bits per heavy atom. The van der Waals surface area contributed by atoms with Crippen LogP contribution in [-0.2, 0) is 0 Å². The summed E-state index contributed by atoms with van der Waals surface area (Å²) in [5.74, 6) is -0.0976. The molecule has 3 rings (SSSR count). The summed E-state index contributed by atoms with van der Waals surface area (Å²) in [6.45, 7) is 3.73. The number of nitrogens with zero attached hydrogens (tertiary/aromatic N) is 3. The molecule has 1 aromatic heterocycles. The Morgan fingerprint density at radius 2 is 1.88 bits per heavy atom. The van der Waals surface area contributed by atoms with E-state index in [2.05, 4.69) is 11.2 Å². The topological polar surface area (TPSA) is 58.7 Å². The Kier molecular flexibility index (Phi) is 4.58. The molecule has 0 fully saturated rings. The molecule has 3 aromatic rings. The maximum absolute atomic E-state index is 12.7. The van der Waals surface area contributed by atoms with E-state index in [1.54, 1.807) is 29.0 Å². The van der Waals surface area contributed by atoms with Crippen LogP contribution in [0, 0.1) is 25.2 Å². The van der Waals surface area contributed by atoms with Gasteiger partial charge in [0.15, 0.2) is 5.78 Å². The highest BCUT2D eigenvalue weighted by molar-refractivity contribution is 6.08. The lowest BCUT2D eigenvalue weighted by molar-refractivity contribution is 0.104. The summed E-state index contributed by atoms with van der Waals surface area (Å²) in [4.78, 5) is 12.7. The van der Waals surface area contributed by atoms with Crippen molar-refractivity contribution in [3.63, 3.8) is 0 Å². The number of hydrogen-bond donors (Lipinski definition) is 0. The number of aromatic nitrogens is 2. The Bertz CT molecular complexity index is 992. The first-order valence-electron chi connectivity index (χ1n) is 7.94. The quantitative estimate of drug-likeness (QED) is 0.531. The SMILES string of the molecule is Cc1nn(-c2ccccc2)c(C)c1C(=O)C=Cc1cccc(C#N)c1. The van der Waals surface area contributed by atoms with Gasteiger partial charge in [-0.05, 0) is 49.8 Å². The molecule has 0 saturated carbocycles. The van der Waals surface area contributed by atoms with Crippen molar-refractivity contribution in [1.82, 2.24) is 9.78 Å². The predicted molar refractivity (Wildman–Crippen MR) is 97.6 cm³/mol. The molecule has 2 aromatic carbocycles. The van der Waals surface area contributed by atoms with Gasteiger partial charge >= 0.3 is 0 Å². The van der Waals surface area contributed by atoms with Gasteiger partial charge in [0.05, 0.1) is 34.3 Å². The number of aryl methyl sites for hydroxylation is 1. The van der Waals surface area contributed by atoms with E-state index >= 15 is 0 Å². The van der Waals surface area contributed by atoms with E-state index in [4.69, 9.17) is 5.26 Å². The second kappa shape index (κ2) is 6.98. The smallest absolute Gasteiger partial charge is 0.189 e. The minimum atomic E-state index is -0.0976. The van der Waals surface area contributed by atoms with Crippen LogP contribution in [0.25, 0.3) is 11.8 Å². The highest BCUT2D eigenvalue weighted by Gasteiger charge is 2.17. The molecule has 0 aliphatic heterocycles. The van der Waals surface area contributed by atoms with Gasteiger partial charge < -0.3 is 0 Å². The molecule has 0 spiro atoms. The van der Waals surface area contributed by atoms with Crippen LogP contribution in [0.5, 0.6) is 0 Å². The van der Waals surface area contributed by atoms with Crippen LogP contribution in [0.1, 0.15) is 32.9 Å². The molecule has 4 nitrogen and oxygen atoms in total. The molecule has 1 heterocycles. The number of carbonyl (C=O) groups is 1. The van der Waals surface area contributed by atoms with Crippen molar-refractivity contribution in [1.29, 1.82) is 5.26 Å². The molecular formula is C21H17N3O. The number of benzene rings is 2. The highest BCUT2D eigenvalue weighted by Crippen LogP contribution is 2.19. The first-order valence-corrected chi connectivity index (χ1v) is 7.94. The molecule has 0 amide bonds. The average Bonchev–Trinajstić information content (AvgIpc) is 2.95. The maximum Gasteiger partial charge on any atom is 0.189 e. The highest BCUT2D eigenvalue weighted by atomic mass is 16.1. The normalized spacial score (nSPS) is 10.8. The third-order valence-corrected chi connectivity index (χ3v) is 3.98. The number of ketones is 1. The predicted octanol–water partition coefficient (Wildman–Crippen LogP) is 4.26. The summed E-state index contributed by atoms with van der Waals surface area (Å²) < 4.78 is 1.78. The fraction of sp³-hybridized carbons (Fsp3) is 0.0952. The first-order chi connectivity index (χ1) is 12.1. The van der Waals surface area contributed by atoms with Gasteiger partial charge in [0.2, 0.25) is 0 Å². The second-order valence-electron chi connectivity index (χ2n) is 5.73. The van der Waals surface area contributed by atoms with E-state index < -0.39 is 0 Å². The van der Waals surface area contributed by atoms with Gasteiger partial charge in [-0.1, -0.05) is 36.4 Å².